The van der Waals surface area contributed by atoms with E-state index in [1.807, 2.05) is 41.8 Å². The maximum absolute atomic E-state index is 12.4. The molecule has 0 aliphatic rings. The molecule has 4 rings (SSSR count). The number of nitrogens with zero attached hydrogens (tertiary/aromatic N) is 1. The molecule has 0 aliphatic carbocycles. The van der Waals surface area contributed by atoms with Crippen molar-refractivity contribution in [3.63, 3.8) is 0 Å². The number of thiazole rings is 1. The van der Waals surface area contributed by atoms with Crippen LogP contribution in [0.2, 0.25) is 5.02 Å². The fraction of sp³-hybridized carbons (Fsp3) is 0.0800. The largest absolute Gasteiger partial charge is 0.497 e. The third-order valence-corrected chi connectivity index (χ3v) is 6.69. The van der Waals surface area contributed by atoms with Crippen molar-refractivity contribution in [3.05, 3.63) is 88.8 Å². The van der Waals surface area contributed by atoms with E-state index in [0.717, 1.165) is 21.9 Å². The first-order valence-corrected chi connectivity index (χ1v) is 12.4. The van der Waals surface area contributed by atoms with Gasteiger partial charge in [0.1, 0.15) is 5.75 Å². The molecule has 0 radical (unpaired) electrons. The lowest BCUT2D eigenvalue weighted by Gasteiger charge is -2.07. The first-order chi connectivity index (χ1) is 16.5. The number of carbonyl (C=O) groups excluding carboxylic acids is 2. The molecule has 0 unspecified atom stereocenters. The van der Waals surface area contributed by atoms with E-state index >= 15 is 0 Å². The van der Waals surface area contributed by atoms with E-state index in [1.165, 1.54) is 23.1 Å². The molecule has 0 spiro atoms. The second-order valence-corrected chi connectivity index (χ2v) is 9.44. The molecule has 0 atom stereocenters. The van der Waals surface area contributed by atoms with Gasteiger partial charge < -0.3 is 15.4 Å². The number of anilines is 2. The van der Waals surface area contributed by atoms with Gasteiger partial charge in [-0.2, -0.15) is 0 Å². The number of benzene rings is 3. The summed E-state index contributed by atoms with van der Waals surface area (Å²) in [6.45, 7) is 0. The van der Waals surface area contributed by atoms with Gasteiger partial charge in [-0.25, -0.2) is 4.98 Å². The Balaban J connectivity index is 1.28. The van der Waals surface area contributed by atoms with Crippen molar-refractivity contribution in [1.82, 2.24) is 4.98 Å². The topological polar surface area (TPSA) is 80.3 Å². The van der Waals surface area contributed by atoms with E-state index in [9.17, 15) is 9.59 Å². The predicted molar refractivity (Wildman–Crippen MR) is 139 cm³/mol. The zero-order valence-corrected chi connectivity index (χ0v) is 20.5. The summed E-state index contributed by atoms with van der Waals surface area (Å²) in [5.74, 6) is 0.610. The van der Waals surface area contributed by atoms with E-state index in [-0.39, 0.29) is 17.6 Å². The minimum absolute atomic E-state index is 0.144. The lowest BCUT2D eigenvalue weighted by atomic mass is 10.2. The van der Waals surface area contributed by atoms with Crippen LogP contribution in [0.3, 0.4) is 0 Å². The van der Waals surface area contributed by atoms with Gasteiger partial charge in [0, 0.05) is 32.1 Å². The highest BCUT2D eigenvalue weighted by atomic mass is 35.5. The van der Waals surface area contributed by atoms with Gasteiger partial charge in [0.25, 0.3) is 5.91 Å². The summed E-state index contributed by atoms with van der Waals surface area (Å²) in [6, 6.07) is 21.7. The van der Waals surface area contributed by atoms with E-state index in [4.69, 9.17) is 16.3 Å². The molecule has 0 bridgehead atoms. The van der Waals surface area contributed by atoms with Gasteiger partial charge in [0.2, 0.25) is 5.91 Å². The molecule has 0 saturated heterocycles. The van der Waals surface area contributed by atoms with Crippen LogP contribution in [0, 0.1) is 0 Å². The number of nitrogens with one attached hydrogen (secondary N) is 2. The molecule has 0 fully saturated rings. The number of amides is 2. The highest BCUT2D eigenvalue weighted by molar-refractivity contribution is 8.00. The van der Waals surface area contributed by atoms with E-state index in [2.05, 4.69) is 15.6 Å². The summed E-state index contributed by atoms with van der Waals surface area (Å²) < 4.78 is 5.25. The summed E-state index contributed by atoms with van der Waals surface area (Å²) in [7, 11) is 1.62. The van der Waals surface area contributed by atoms with Crippen LogP contribution in [0.4, 0.5) is 10.8 Å². The molecule has 3 aromatic carbocycles. The average Bonchev–Trinajstić information content (AvgIpc) is 3.32. The van der Waals surface area contributed by atoms with Crippen LogP contribution in [-0.2, 0) is 4.79 Å². The molecular formula is C25H20ClN3O3S2. The third-order valence-electron chi connectivity index (χ3n) is 4.68. The number of hydrogen-bond acceptors (Lipinski definition) is 6. The molecule has 0 aliphatic heterocycles. The molecular weight excluding hydrogens is 490 g/mol. The smallest absolute Gasteiger partial charge is 0.255 e. The van der Waals surface area contributed by atoms with Crippen LogP contribution < -0.4 is 15.4 Å². The number of carbonyl (C=O) groups is 2. The second kappa shape index (κ2) is 11.2. The molecule has 172 valence electrons. The fourth-order valence-corrected chi connectivity index (χ4v) is 4.64. The van der Waals surface area contributed by atoms with Crippen LogP contribution >= 0.6 is 34.7 Å². The Morgan fingerprint density at radius 2 is 1.82 bits per heavy atom. The van der Waals surface area contributed by atoms with Gasteiger partial charge >= 0.3 is 0 Å². The van der Waals surface area contributed by atoms with Crippen LogP contribution in [0.15, 0.2) is 83.1 Å². The number of methoxy groups -OCH3 is 1. The standard InChI is InChI=1S/C25H20ClN3O3S2/c1-32-20-7-3-4-16(13-20)22-14-34-25(28-22)29-23(30)15-33-21-10-8-19(9-11-21)27-24(31)17-5-2-6-18(26)12-17/h2-14H,15H2,1H3,(H,27,31)(H,28,29,30). The van der Waals surface area contributed by atoms with Gasteiger partial charge in [-0.05, 0) is 54.6 Å². The van der Waals surface area contributed by atoms with E-state index in [0.29, 0.717) is 21.4 Å². The number of rotatable bonds is 8. The Labute approximate surface area is 210 Å². The Kier molecular flexibility index (Phi) is 7.84. The molecule has 1 aromatic heterocycles. The maximum Gasteiger partial charge on any atom is 0.255 e. The zero-order chi connectivity index (χ0) is 23.9. The van der Waals surface area contributed by atoms with Gasteiger partial charge in [0.05, 0.1) is 18.6 Å². The van der Waals surface area contributed by atoms with Crippen molar-refractivity contribution in [1.29, 1.82) is 0 Å². The molecule has 6 nitrogen and oxygen atoms in total. The minimum atomic E-state index is -0.237. The highest BCUT2D eigenvalue weighted by Crippen LogP contribution is 2.28. The molecule has 0 saturated carbocycles. The SMILES string of the molecule is COc1cccc(-c2csc(NC(=O)CSc3ccc(NC(=O)c4cccc(Cl)c4)cc3)n2)c1. The summed E-state index contributed by atoms with van der Waals surface area (Å²) in [5, 5.41) is 8.62. The Hall–Kier alpha value is -3.33. The van der Waals surface area contributed by atoms with Crippen LogP contribution in [0.1, 0.15) is 10.4 Å². The second-order valence-electron chi connectivity index (χ2n) is 7.10. The van der Waals surface area contributed by atoms with Gasteiger partial charge in [-0.3, -0.25) is 9.59 Å². The molecule has 4 aromatic rings. The average molecular weight is 510 g/mol. The molecule has 9 heteroatoms. The van der Waals surface area contributed by atoms with Crippen molar-refractivity contribution < 1.29 is 14.3 Å². The van der Waals surface area contributed by atoms with Crippen molar-refractivity contribution in [2.75, 3.05) is 23.5 Å². The lowest BCUT2D eigenvalue weighted by Crippen LogP contribution is -2.13. The Morgan fingerprint density at radius 1 is 1.03 bits per heavy atom. The van der Waals surface area contributed by atoms with E-state index in [1.54, 1.807) is 43.5 Å². The Bertz CT molecular complexity index is 1310. The highest BCUT2D eigenvalue weighted by Gasteiger charge is 2.10. The molecule has 1 heterocycles. The number of halogens is 1. The monoisotopic (exact) mass is 509 g/mol. The van der Waals surface area contributed by atoms with Crippen molar-refractivity contribution >= 4 is 57.3 Å². The fourth-order valence-electron chi connectivity index (χ4n) is 3.02. The van der Waals surface area contributed by atoms with Gasteiger partial charge in [-0.15, -0.1) is 23.1 Å². The lowest BCUT2D eigenvalue weighted by molar-refractivity contribution is -0.113. The summed E-state index contributed by atoms with van der Waals surface area (Å²) in [5.41, 5.74) is 2.85. The number of ether oxygens (including phenoxy) is 1. The Morgan fingerprint density at radius 3 is 2.59 bits per heavy atom. The van der Waals surface area contributed by atoms with Crippen molar-refractivity contribution in [2.24, 2.45) is 0 Å². The first-order valence-electron chi connectivity index (χ1n) is 10.2. The van der Waals surface area contributed by atoms with Crippen molar-refractivity contribution in [2.45, 2.75) is 4.90 Å². The van der Waals surface area contributed by atoms with Crippen molar-refractivity contribution in [3.8, 4) is 17.0 Å². The van der Waals surface area contributed by atoms with E-state index < -0.39 is 0 Å². The summed E-state index contributed by atoms with van der Waals surface area (Å²) in [4.78, 5) is 30.1. The maximum atomic E-state index is 12.4. The predicted octanol–water partition coefficient (Wildman–Crippen LogP) is 6.46. The number of aromatic nitrogens is 1. The summed E-state index contributed by atoms with van der Waals surface area (Å²) in [6.07, 6.45) is 0. The molecule has 2 amide bonds. The molecule has 34 heavy (non-hydrogen) atoms. The normalized spacial score (nSPS) is 10.5. The first kappa shape index (κ1) is 23.8. The zero-order valence-electron chi connectivity index (χ0n) is 18.1. The summed E-state index contributed by atoms with van der Waals surface area (Å²) >= 11 is 8.71. The van der Waals surface area contributed by atoms with Gasteiger partial charge in [-0.1, -0.05) is 29.8 Å². The van der Waals surface area contributed by atoms with Crippen LogP contribution in [0.25, 0.3) is 11.3 Å². The molecule has 2 N–H and O–H groups in total. The van der Waals surface area contributed by atoms with Gasteiger partial charge in [0.15, 0.2) is 5.13 Å². The minimum Gasteiger partial charge on any atom is -0.497 e. The number of thioether (sulfide) groups is 1. The third kappa shape index (κ3) is 6.38. The number of hydrogen-bond donors (Lipinski definition) is 2. The van der Waals surface area contributed by atoms with Crippen LogP contribution in [0.5, 0.6) is 5.75 Å². The quantitative estimate of drug-likeness (QED) is 0.266. The van der Waals surface area contributed by atoms with Crippen LogP contribution in [-0.4, -0.2) is 29.7 Å².